The Kier molecular flexibility index (Phi) is 7.94. The summed E-state index contributed by atoms with van der Waals surface area (Å²) in [7, 11) is 0. The van der Waals surface area contributed by atoms with Crippen molar-refractivity contribution in [2.75, 3.05) is 25.0 Å². The lowest BCUT2D eigenvalue weighted by molar-refractivity contribution is -0.192. The molecule has 2 fully saturated rings. The Labute approximate surface area is 178 Å². The quantitative estimate of drug-likeness (QED) is 0.580. The normalized spacial score (nSPS) is 19.2. The van der Waals surface area contributed by atoms with Crippen LogP contribution in [0.2, 0.25) is 0 Å². The van der Waals surface area contributed by atoms with Crippen LogP contribution in [0.25, 0.3) is 0 Å². The van der Waals surface area contributed by atoms with Gasteiger partial charge in [-0.3, -0.25) is 14.6 Å². The average Bonchev–Trinajstić information content (AvgIpc) is 3.11. The highest BCUT2D eigenvalue weighted by Gasteiger charge is 2.39. The second kappa shape index (κ2) is 10.2. The Morgan fingerprint density at radius 1 is 1.16 bits per heavy atom. The van der Waals surface area contributed by atoms with Crippen LogP contribution >= 0.6 is 0 Å². The van der Waals surface area contributed by atoms with E-state index in [0.29, 0.717) is 25.9 Å². The molecule has 3 rings (SSSR count). The number of alkyl halides is 3. The van der Waals surface area contributed by atoms with E-state index in [9.17, 15) is 31.9 Å². The SMILES string of the molecule is O=C(O)C(F)(F)F.O=C(O)C1CC(=O)N(C2CCN(C(=O)Nc3ccncc3F)CC2)C1. The number of piperidine rings is 1. The highest BCUT2D eigenvalue weighted by molar-refractivity contribution is 5.89. The molecule has 3 N–H and O–H groups in total. The van der Waals surface area contributed by atoms with Crippen LogP contribution in [0.4, 0.5) is 28.0 Å². The number of hydrogen-bond donors (Lipinski definition) is 3. The molecule has 0 bridgehead atoms. The predicted octanol–water partition coefficient (Wildman–Crippen LogP) is 1.78. The van der Waals surface area contributed by atoms with Gasteiger partial charge in [0.15, 0.2) is 5.82 Å². The standard InChI is InChI=1S/C16H19FN4O4.C2HF3O2/c17-12-8-18-4-1-13(12)19-16(25)20-5-2-11(3-6-20)21-9-10(15(23)24)7-14(21)22;3-2(4,5)1(6)7/h1,4,8,10-11H,2-3,5-7,9H2,(H,23,24)(H,18,19,25);(H,6,7). The van der Waals surface area contributed by atoms with Gasteiger partial charge in [0.2, 0.25) is 5.91 Å². The van der Waals surface area contributed by atoms with Gasteiger partial charge >= 0.3 is 24.1 Å². The van der Waals surface area contributed by atoms with Gasteiger partial charge in [0.05, 0.1) is 17.8 Å². The van der Waals surface area contributed by atoms with Crippen molar-refractivity contribution in [3.63, 3.8) is 0 Å². The number of likely N-dealkylation sites (tertiary alicyclic amines) is 2. The second-order valence-electron chi connectivity index (χ2n) is 7.09. The lowest BCUT2D eigenvalue weighted by Gasteiger charge is -2.36. The van der Waals surface area contributed by atoms with E-state index < -0.39 is 35.9 Å². The Hall–Kier alpha value is -3.45. The molecule has 0 aromatic carbocycles. The molecular weight excluding hydrogens is 444 g/mol. The fourth-order valence-corrected chi connectivity index (χ4v) is 3.30. The number of aliphatic carboxylic acids is 2. The van der Waals surface area contributed by atoms with Crippen LogP contribution in [-0.2, 0) is 14.4 Å². The van der Waals surface area contributed by atoms with E-state index in [-0.39, 0.29) is 30.6 Å². The summed E-state index contributed by atoms with van der Waals surface area (Å²) in [6, 6.07) is 0.924. The predicted molar refractivity (Wildman–Crippen MR) is 99.0 cm³/mol. The van der Waals surface area contributed by atoms with Crippen LogP contribution in [0.3, 0.4) is 0 Å². The molecule has 14 heteroatoms. The highest BCUT2D eigenvalue weighted by Crippen LogP contribution is 2.26. The maximum Gasteiger partial charge on any atom is 0.490 e. The van der Waals surface area contributed by atoms with Crippen molar-refractivity contribution in [2.24, 2.45) is 5.92 Å². The fraction of sp³-hybridized carbons (Fsp3) is 0.500. The zero-order valence-electron chi connectivity index (χ0n) is 16.5. The second-order valence-corrected chi connectivity index (χ2v) is 7.09. The molecule has 0 aliphatic carbocycles. The van der Waals surface area contributed by atoms with Crippen LogP contribution in [0.1, 0.15) is 19.3 Å². The largest absolute Gasteiger partial charge is 0.490 e. The summed E-state index contributed by atoms with van der Waals surface area (Å²) in [5, 5.41) is 18.7. The third kappa shape index (κ3) is 6.52. The van der Waals surface area contributed by atoms with Gasteiger partial charge in [-0.1, -0.05) is 0 Å². The van der Waals surface area contributed by atoms with Gasteiger partial charge in [-0.2, -0.15) is 13.2 Å². The summed E-state index contributed by atoms with van der Waals surface area (Å²) in [6.07, 6.45) is -1.48. The molecule has 1 aromatic heterocycles. The van der Waals surface area contributed by atoms with Crippen LogP contribution in [0.5, 0.6) is 0 Å². The number of anilines is 1. The van der Waals surface area contributed by atoms with Crippen LogP contribution in [0, 0.1) is 11.7 Å². The maximum absolute atomic E-state index is 13.5. The zero-order valence-corrected chi connectivity index (χ0v) is 16.5. The molecule has 2 aliphatic heterocycles. The number of halogens is 4. The van der Waals surface area contributed by atoms with Crippen molar-refractivity contribution in [1.82, 2.24) is 14.8 Å². The zero-order chi connectivity index (χ0) is 24.1. The number of pyridine rings is 1. The van der Waals surface area contributed by atoms with Gasteiger partial charge in [0.25, 0.3) is 0 Å². The summed E-state index contributed by atoms with van der Waals surface area (Å²) >= 11 is 0. The molecule has 3 heterocycles. The number of carbonyl (C=O) groups is 4. The average molecular weight is 464 g/mol. The van der Waals surface area contributed by atoms with E-state index in [0.717, 1.165) is 6.20 Å². The van der Waals surface area contributed by atoms with Crippen molar-refractivity contribution < 1.29 is 47.0 Å². The van der Waals surface area contributed by atoms with E-state index >= 15 is 0 Å². The number of nitrogens with zero attached hydrogens (tertiary/aromatic N) is 3. The molecule has 0 spiro atoms. The molecule has 0 radical (unpaired) electrons. The number of carboxylic acids is 2. The number of rotatable bonds is 3. The molecule has 1 atom stereocenters. The van der Waals surface area contributed by atoms with Gasteiger partial charge in [-0.05, 0) is 18.9 Å². The van der Waals surface area contributed by atoms with E-state index in [1.165, 1.54) is 12.3 Å². The summed E-state index contributed by atoms with van der Waals surface area (Å²) in [5.41, 5.74) is 0.0705. The van der Waals surface area contributed by atoms with Crippen molar-refractivity contribution in [3.8, 4) is 0 Å². The van der Waals surface area contributed by atoms with Gasteiger partial charge in [0.1, 0.15) is 0 Å². The highest BCUT2D eigenvalue weighted by atomic mass is 19.4. The smallest absolute Gasteiger partial charge is 0.481 e. The number of hydrogen-bond acceptors (Lipinski definition) is 5. The number of amides is 3. The first kappa shape index (κ1) is 24.8. The molecule has 2 aliphatic rings. The molecule has 1 aromatic rings. The molecule has 3 amide bonds. The number of aromatic nitrogens is 1. The Morgan fingerprint density at radius 2 is 1.75 bits per heavy atom. The maximum atomic E-state index is 13.5. The van der Waals surface area contributed by atoms with E-state index in [1.54, 1.807) is 9.80 Å². The molecule has 32 heavy (non-hydrogen) atoms. The number of carbonyl (C=O) groups excluding carboxylic acids is 2. The van der Waals surface area contributed by atoms with E-state index in [4.69, 9.17) is 15.0 Å². The molecule has 10 nitrogen and oxygen atoms in total. The third-order valence-corrected chi connectivity index (χ3v) is 4.96. The number of urea groups is 1. The lowest BCUT2D eigenvalue weighted by atomic mass is 10.0. The van der Waals surface area contributed by atoms with Crippen LogP contribution < -0.4 is 5.32 Å². The minimum Gasteiger partial charge on any atom is -0.481 e. The summed E-state index contributed by atoms with van der Waals surface area (Å²) in [5.74, 6) is -5.11. The topological polar surface area (TPSA) is 140 Å². The van der Waals surface area contributed by atoms with Gasteiger partial charge in [0, 0.05) is 38.3 Å². The van der Waals surface area contributed by atoms with Gasteiger partial charge < -0.3 is 25.3 Å². The van der Waals surface area contributed by atoms with Crippen molar-refractivity contribution >= 4 is 29.6 Å². The Balaban J connectivity index is 0.000000451. The van der Waals surface area contributed by atoms with Crippen molar-refractivity contribution in [2.45, 2.75) is 31.5 Å². The molecule has 0 saturated carbocycles. The first-order chi connectivity index (χ1) is 14.9. The van der Waals surface area contributed by atoms with Crippen molar-refractivity contribution in [1.29, 1.82) is 0 Å². The molecule has 176 valence electrons. The summed E-state index contributed by atoms with van der Waals surface area (Å²) < 4.78 is 45.3. The minimum atomic E-state index is -5.08. The first-order valence-electron chi connectivity index (χ1n) is 9.38. The van der Waals surface area contributed by atoms with Crippen LogP contribution in [-0.4, -0.2) is 80.7 Å². The molecular formula is C18H20F4N4O6. The lowest BCUT2D eigenvalue weighted by Crippen LogP contribution is -2.48. The molecule has 1 unspecified atom stereocenters. The van der Waals surface area contributed by atoms with Crippen LogP contribution in [0.15, 0.2) is 18.5 Å². The monoisotopic (exact) mass is 464 g/mol. The minimum absolute atomic E-state index is 0.0390. The first-order valence-corrected chi connectivity index (χ1v) is 9.38. The Bertz CT molecular complexity index is 873. The van der Waals surface area contributed by atoms with Gasteiger partial charge in [-0.25, -0.2) is 14.0 Å². The molecule has 2 saturated heterocycles. The van der Waals surface area contributed by atoms with Gasteiger partial charge in [-0.15, -0.1) is 0 Å². The van der Waals surface area contributed by atoms with E-state index in [1.807, 2.05) is 0 Å². The summed E-state index contributed by atoms with van der Waals surface area (Å²) in [6.45, 7) is 1.07. The third-order valence-electron chi connectivity index (χ3n) is 4.96. The van der Waals surface area contributed by atoms with Crippen molar-refractivity contribution in [3.05, 3.63) is 24.3 Å². The summed E-state index contributed by atoms with van der Waals surface area (Å²) in [4.78, 5) is 51.0. The number of nitrogens with one attached hydrogen (secondary N) is 1. The fourth-order valence-electron chi connectivity index (χ4n) is 3.30. The number of carboxylic acid groups (broad SMARTS) is 2. The Morgan fingerprint density at radius 3 is 2.22 bits per heavy atom. The van der Waals surface area contributed by atoms with E-state index in [2.05, 4.69) is 10.3 Å².